The van der Waals surface area contributed by atoms with Crippen LogP contribution in [0.1, 0.15) is 25.8 Å². The maximum atomic E-state index is 12.1. The van der Waals surface area contributed by atoms with Crippen LogP contribution in [-0.2, 0) is 4.79 Å². The molecule has 18 heavy (non-hydrogen) atoms. The van der Waals surface area contributed by atoms with E-state index in [2.05, 4.69) is 5.32 Å². The molecule has 96 valence electrons. The molecule has 1 atom stereocenters. The van der Waals surface area contributed by atoms with Crippen molar-refractivity contribution >= 4 is 17.6 Å². The Kier molecular flexibility index (Phi) is 3.36. The van der Waals surface area contributed by atoms with Crippen molar-refractivity contribution in [3.8, 4) is 0 Å². The third-order valence-electron chi connectivity index (χ3n) is 3.22. The number of nitrogens with zero attached hydrogens (tertiary/aromatic N) is 1. The molecule has 1 aliphatic heterocycles. The maximum absolute atomic E-state index is 12.1. The topological polar surface area (TPSA) is 49.4 Å². The highest BCUT2D eigenvalue weighted by atomic mass is 16.2. The lowest BCUT2D eigenvalue weighted by Gasteiger charge is -2.33. The van der Waals surface area contributed by atoms with Gasteiger partial charge in [0.15, 0.2) is 0 Å². The summed E-state index contributed by atoms with van der Waals surface area (Å²) in [5, 5.41) is 2.88. The lowest BCUT2D eigenvalue weighted by Crippen LogP contribution is -2.56. The Bertz CT molecular complexity index is 464. The van der Waals surface area contributed by atoms with Crippen LogP contribution in [0.15, 0.2) is 24.3 Å². The van der Waals surface area contributed by atoms with E-state index < -0.39 is 0 Å². The van der Waals surface area contributed by atoms with Gasteiger partial charge in [-0.25, -0.2) is 9.69 Å². The lowest BCUT2D eigenvalue weighted by atomic mass is 9.98. The second kappa shape index (κ2) is 4.80. The first kappa shape index (κ1) is 12.6. The van der Waals surface area contributed by atoms with Crippen LogP contribution in [0, 0.1) is 12.8 Å². The molecule has 4 heteroatoms. The Morgan fingerprint density at radius 3 is 2.61 bits per heavy atom. The van der Waals surface area contributed by atoms with Crippen LogP contribution in [-0.4, -0.2) is 18.0 Å². The van der Waals surface area contributed by atoms with E-state index in [9.17, 15) is 9.59 Å². The van der Waals surface area contributed by atoms with Gasteiger partial charge in [-0.05, 0) is 30.5 Å². The van der Waals surface area contributed by atoms with Crippen molar-refractivity contribution in [1.29, 1.82) is 0 Å². The number of nitrogens with one attached hydrogen (secondary N) is 1. The van der Waals surface area contributed by atoms with Crippen molar-refractivity contribution in [2.45, 2.75) is 33.2 Å². The Labute approximate surface area is 107 Å². The van der Waals surface area contributed by atoms with Gasteiger partial charge in [0.25, 0.3) is 0 Å². The number of aryl methyl sites for hydroxylation is 1. The summed E-state index contributed by atoms with van der Waals surface area (Å²) in [4.78, 5) is 25.3. The van der Waals surface area contributed by atoms with E-state index in [1.54, 1.807) is 6.07 Å². The fourth-order valence-corrected chi connectivity index (χ4v) is 2.10. The predicted octanol–water partition coefficient (Wildman–Crippen LogP) is 2.47. The third kappa shape index (κ3) is 2.37. The zero-order valence-electron chi connectivity index (χ0n) is 10.9. The van der Waals surface area contributed by atoms with Gasteiger partial charge in [0.05, 0.1) is 5.69 Å². The monoisotopic (exact) mass is 246 g/mol. The fraction of sp³-hybridized carbons (Fsp3) is 0.429. The SMILES string of the molecule is Cc1cccc(N2C(=O)CC(C(C)C)NC2=O)c1. The van der Waals surface area contributed by atoms with Crippen molar-refractivity contribution in [1.82, 2.24) is 5.32 Å². The van der Waals surface area contributed by atoms with Crippen molar-refractivity contribution in [3.05, 3.63) is 29.8 Å². The molecule has 0 radical (unpaired) electrons. The van der Waals surface area contributed by atoms with E-state index >= 15 is 0 Å². The molecular weight excluding hydrogens is 228 g/mol. The quantitative estimate of drug-likeness (QED) is 0.871. The second-order valence-electron chi connectivity index (χ2n) is 5.07. The Morgan fingerprint density at radius 1 is 1.33 bits per heavy atom. The number of hydrogen-bond acceptors (Lipinski definition) is 2. The van der Waals surface area contributed by atoms with Crippen LogP contribution in [0.3, 0.4) is 0 Å². The Morgan fingerprint density at radius 2 is 2.06 bits per heavy atom. The normalized spacial score (nSPS) is 20.2. The van der Waals surface area contributed by atoms with Crippen molar-refractivity contribution < 1.29 is 9.59 Å². The first-order chi connectivity index (χ1) is 8.49. The molecule has 1 unspecified atom stereocenters. The molecule has 1 fully saturated rings. The molecule has 2 rings (SSSR count). The first-order valence-electron chi connectivity index (χ1n) is 6.19. The number of amides is 3. The summed E-state index contributed by atoms with van der Waals surface area (Å²) in [5.74, 6) is 0.126. The molecule has 0 bridgehead atoms. The molecule has 1 saturated heterocycles. The number of benzene rings is 1. The molecule has 0 saturated carbocycles. The van der Waals surface area contributed by atoms with E-state index in [0.717, 1.165) is 5.56 Å². The Hall–Kier alpha value is -1.84. The summed E-state index contributed by atoms with van der Waals surface area (Å²) >= 11 is 0. The van der Waals surface area contributed by atoms with E-state index in [-0.39, 0.29) is 23.9 Å². The van der Waals surface area contributed by atoms with Gasteiger partial charge in [-0.1, -0.05) is 26.0 Å². The molecule has 1 aromatic rings. The number of anilines is 1. The second-order valence-corrected chi connectivity index (χ2v) is 5.07. The molecule has 0 aliphatic carbocycles. The molecule has 0 aromatic heterocycles. The third-order valence-corrected chi connectivity index (χ3v) is 3.22. The predicted molar refractivity (Wildman–Crippen MR) is 70.4 cm³/mol. The summed E-state index contributed by atoms with van der Waals surface area (Å²) < 4.78 is 0. The number of hydrogen-bond donors (Lipinski definition) is 1. The van der Waals surface area contributed by atoms with Crippen molar-refractivity contribution in [2.24, 2.45) is 5.92 Å². The van der Waals surface area contributed by atoms with Gasteiger partial charge in [-0.15, -0.1) is 0 Å². The molecule has 1 aromatic carbocycles. The van der Waals surface area contributed by atoms with Crippen LogP contribution in [0.4, 0.5) is 10.5 Å². The lowest BCUT2D eigenvalue weighted by molar-refractivity contribution is -0.119. The van der Waals surface area contributed by atoms with Crippen LogP contribution in [0.5, 0.6) is 0 Å². The van der Waals surface area contributed by atoms with Gasteiger partial charge < -0.3 is 5.32 Å². The van der Waals surface area contributed by atoms with Gasteiger partial charge >= 0.3 is 6.03 Å². The molecule has 1 heterocycles. The number of imide groups is 1. The van der Waals surface area contributed by atoms with Crippen LogP contribution in [0.25, 0.3) is 0 Å². The number of urea groups is 1. The van der Waals surface area contributed by atoms with Gasteiger partial charge in [0.2, 0.25) is 5.91 Å². The zero-order valence-corrected chi connectivity index (χ0v) is 10.9. The van der Waals surface area contributed by atoms with Gasteiger partial charge in [-0.3, -0.25) is 4.79 Å². The average molecular weight is 246 g/mol. The van der Waals surface area contributed by atoms with Crippen LogP contribution >= 0.6 is 0 Å². The van der Waals surface area contributed by atoms with Crippen molar-refractivity contribution in [3.63, 3.8) is 0 Å². The summed E-state index contributed by atoms with van der Waals surface area (Å²) in [6.45, 7) is 5.94. The highest BCUT2D eigenvalue weighted by molar-refractivity contribution is 6.16. The van der Waals surface area contributed by atoms with Crippen molar-refractivity contribution in [2.75, 3.05) is 4.90 Å². The Balaban J connectivity index is 2.25. The molecule has 0 spiro atoms. The van der Waals surface area contributed by atoms with Gasteiger partial charge in [-0.2, -0.15) is 0 Å². The standard InChI is InChI=1S/C14H18N2O2/c1-9(2)12-8-13(17)16(14(18)15-12)11-6-4-5-10(3)7-11/h4-7,9,12H,8H2,1-3H3,(H,15,18). The fourth-order valence-electron chi connectivity index (χ4n) is 2.10. The largest absolute Gasteiger partial charge is 0.334 e. The summed E-state index contributed by atoms with van der Waals surface area (Å²) in [5.41, 5.74) is 1.67. The van der Waals surface area contributed by atoms with E-state index in [4.69, 9.17) is 0 Å². The highest BCUT2D eigenvalue weighted by Gasteiger charge is 2.34. The maximum Gasteiger partial charge on any atom is 0.328 e. The minimum atomic E-state index is -0.324. The van der Waals surface area contributed by atoms with Gasteiger partial charge in [0.1, 0.15) is 0 Å². The molecule has 1 aliphatic rings. The number of carbonyl (C=O) groups is 2. The highest BCUT2D eigenvalue weighted by Crippen LogP contribution is 2.22. The first-order valence-corrected chi connectivity index (χ1v) is 6.19. The minimum absolute atomic E-state index is 0.0638. The van der Waals surface area contributed by atoms with E-state index in [0.29, 0.717) is 12.1 Å². The summed E-state index contributed by atoms with van der Waals surface area (Å²) in [6, 6.07) is 7.02. The molecule has 4 nitrogen and oxygen atoms in total. The minimum Gasteiger partial charge on any atom is -0.334 e. The van der Waals surface area contributed by atoms with Crippen LogP contribution < -0.4 is 10.2 Å². The van der Waals surface area contributed by atoms with Crippen LogP contribution in [0.2, 0.25) is 0 Å². The number of rotatable bonds is 2. The summed E-state index contributed by atoms with van der Waals surface area (Å²) in [6.07, 6.45) is 0.358. The average Bonchev–Trinajstić information content (AvgIpc) is 2.27. The molecule has 3 amide bonds. The molecular formula is C14H18N2O2. The smallest absolute Gasteiger partial charge is 0.328 e. The summed E-state index contributed by atoms with van der Waals surface area (Å²) in [7, 11) is 0. The van der Waals surface area contributed by atoms with Gasteiger partial charge in [0, 0.05) is 12.5 Å². The van der Waals surface area contributed by atoms with E-state index in [1.807, 2.05) is 39.0 Å². The van der Waals surface area contributed by atoms with E-state index in [1.165, 1.54) is 4.90 Å². The molecule has 1 N–H and O–H groups in total. The number of carbonyl (C=O) groups excluding carboxylic acids is 2. The zero-order chi connectivity index (χ0) is 13.3.